The molecule has 0 bridgehead atoms. The summed E-state index contributed by atoms with van der Waals surface area (Å²) in [4.78, 5) is 36.6. The van der Waals surface area contributed by atoms with Crippen molar-refractivity contribution in [3.63, 3.8) is 0 Å². The summed E-state index contributed by atoms with van der Waals surface area (Å²) in [6.07, 6.45) is -1.46. The van der Waals surface area contributed by atoms with E-state index in [2.05, 4.69) is 4.76 Å². The third-order valence-electron chi connectivity index (χ3n) is 5.21. The highest BCUT2D eigenvalue weighted by Gasteiger charge is 2.26. The zero-order valence-corrected chi connectivity index (χ0v) is 25.1. The van der Waals surface area contributed by atoms with E-state index in [4.69, 9.17) is 38.5 Å². The molecule has 0 saturated heterocycles. The molecule has 43 heavy (non-hydrogen) atoms. The van der Waals surface area contributed by atoms with Gasteiger partial charge in [-0.15, -0.1) is 4.76 Å². The Hall–Kier alpha value is -4.13. The number of nitrogens with two attached hydrogens (primary N) is 1. The first-order valence-corrected chi connectivity index (χ1v) is 15.0. The molecular weight excluding hydrogens is 585 g/mol. The van der Waals surface area contributed by atoms with Gasteiger partial charge in [-0.05, 0) is 18.1 Å². The van der Waals surface area contributed by atoms with Crippen molar-refractivity contribution in [2.45, 2.75) is 33.0 Å². The predicted octanol–water partition coefficient (Wildman–Crippen LogP) is 4.42. The minimum absolute atomic E-state index is 0.0565. The molecule has 2 aromatic carbocycles. The van der Waals surface area contributed by atoms with Gasteiger partial charge in [-0.1, -0.05) is 60.7 Å². The van der Waals surface area contributed by atoms with E-state index in [-0.39, 0.29) is 71.6 Å². The van der Waals surface area contributed by atoms with E-state index in [1.807, 2.05) is 36.4 Å². The third-order valence-corrected chi connectivity index (χ3v) is 6.68. The van der Waals surface area contributed by atoms with Gasteiger partial charge in [0, 0.05) is 19.9 Å². The number of carbonyl (C=O) groups excluding carboxylic acids is 3. The van der Waals surface area contributed by atoms with E-state index < -0.39 is 26.0 Å². The van der Waals surface area contributed by atoms with E-state index in [1.54, 1.807) is 31.2 Å². The molecule has 0 radical (unpaired) electrons. The fourth-order valence-corrected chi connectivity index (χ4v) is 4.40. The van der Waals surface area contributed by atoms with Crippen molar-refractivity contribution in [3.05, 3.63) is 71.8 Å². The molecule has 2 aromatic rings. The first kappa shape index (κ1) is 35.1. The quantitative estimate of drug-likeness (QED) is 0.0617. The summed E-state index contributed by atoms with van der Waals surface area (Å²) in [5.74, 6) is -0.856. The number of nitrogens with zero attached hydrogens (tertiary/aromatic N) is 2. The maximum atomic E-state index is 13.3. The van der Waals surface area contributed by atoms with Gasteiger partial charge in [-0.2, -0.15) is 0 Å². The monoisotopic (exact) mass is 623 g/mol. The summed E-state index contributed by atoms with van der Waals surface area (Å²) in [6, 6.07) is 18.2. The Morgan fingerprint density at radius 3 is 1.65 bits per heavy atom. The molecule has 2 rings (SSSR count). The molecule has 0 amide bonds. The van der Waals surface area contributed by atoms with Crippen LogP contribution in [0.15, 0.2) is 65.4 Å². The second-order valence-corrected chi connectivity index (χ2v) is 10.4. The van der Waals surface area contributed by atoms with Gasteiger partial charge in [-0.3, -0.25) is 13.8 Å². The average Bonchev–Trinajstić information content (AvgIpc) is 2.99. The molecule has 0 aliphatic carbocycles. The zero-order valence-electron chi connectivity index (χ0n) is 24.3. The SMILES string of the molecule is CCOC(=O)CN(C)C(N)=NP(=O)(OCCCOC(=O)OCc1ccccc1)OCCCOC(=O)OCc1ccccc1. The summed E-state index contributed by atoms with van der Waals surface area (Å²) in [7, 11) is -2.75. The average molecular weight is 624 g/mol. The van der Waals surface area contributed by atoms with Gasteiger partial charge in [0.2, 0.25) is 5.96 Å². The first-order chi connectivity index (χ1) is 20.7. The maximum absolute atomic E-state index is 13.3. The van der Waals surface area contributed by atoms with Gasteiger partial charge in [0.25, 0.3) is 0 Å². The molecule has 0 aliphatic rings. The second-order valence-electron chi connectivity index (χ2n) is 8.71. The first-order valence-electron chi connectivity index (χ1n) is 13.5. The Labute approximate surface area is 250 Å². The van der Waals surface area contributed by atoms with Crippen molar-refractivity contribution in [1.29, 1.82) is 0 Å². The maximum Gasteiger partial charge on any atom is 0.508 e. The van der Waals surface area contributed by atoms with E-state index in [1.165, 1.54) is 11.9 Å². The Bertz CT molecular complexity index is 1130. The molecule has 0 atom stereocenters. The van der Waals surface area contributed by atoms with Crippen LogP contribution in [0.3, 0.4) is 0 Å². The molecule has 0 aliphatic heterocycles. The van der Waals surface area contributed by atoms with Gasteiger partial charge in [-0.25, -0.2) is 14.2 Å². The number of hydrogen-bond acceptors (Lipinski definition) is 11. The third kappa shape index (κ3) is 15.6. The predicted molar refractivity (Wildman–Crippen MR) is 155 cm³/mol. The van der Waals surface area contributed by atoms with Crippen molar-refractivity contribution in [3.8, 4) is 0 Å². The van der Waals surface area contributed by atoms with Gasteiger partial charge >= 0.3 is 26.0 Å². The number of esters is 1. The Balaban J connectivity index is 1.80. The molecule has 236 valence electrons. The lowest BCUT2D eigenvalue weighted by Crippen LogP contribution is -2.38. The van der Waals surface area contributed by atoms with E-state index in [0.717, 1.165) is 11.1 Å². The van der Waals surface area contributed by atoms with Gasteiger partial charge in [0.05, 0.1) is 33.0 Å². The Morgan fingerprint density at radius 1 is 0.744 bits per heavy atom. The minimum Gasteiger partial charge on any atom is -0.465 e. The van der Waals surface area contributed by atoms with Crippen LogP contribution in [0.25, 0.3) is 0 Å². The lowest BCUT2D eigenvalue weighted by molar-refractivity contribution is -0.143. The van der Waals surface area contributed by atoms with Gasteiger partial charge in [0.15, 0.2) is 0 Å². The van der Waals surface area contributed by atoms with Crippen LogP contribution in [0, 0.1) is 0 Å². The summed E-state index contributed by atoms with van der Waals surface area (Å²) in [5, 5.41) is 0. The van der Waals surface area contributed by atoms with Gasteiger partial charge < -0.3 is 34.3 Å². The number of likely N-dealkylation sites (N-methyl/N-ethyl adjacent to an activating group) is 1. The molecule has 14 nitrogen and oxygen atoms in total. The van der Waals surface area contributed by atoms with Crippen LogP contribution in [0.1, 0.15) is 30.9 Å². The largest absolute Gasteiger partial charge is 0.508 e. The number of benzene rings is 2. The number of rotatable bonds is 18. The van der Waals surface area contributed by atoms with E-state index in [9.17, 15) is 18.9 Å². The lowest BCUT2D eigenvalue weighted by Gasteiger charge is -2.20. The van der Waals surface area contributed by atoms with Crippen molar-refractivity contribution in [2.24, 2.45) is 10.5 Å². The topological polar surface area (TPSA) is 175 Å². The molecule has 0 aromatic heterocycles. The van der Waals surface area contributed by atoms with Crippen molar-refractivity contribution < 1.29 is 51.7 Å². The van der Waals surface area contributed by atoms with Crippen LogP contribution in [-0.4, -0.2) is 75.8 Å². The summed E-state index contributed by atoms with van der Waals surface area (Å²) in [5.41, 5.74) is 7.52. The van der Waals surface area contributed by atoms with Crippen LogP contribution >= 0.6 is 7.75 Å². The van der Waals surface area contributed by atoms with E-state index >= 15 is 0 Å². The van der Waals surface area contributed by atoms with Gasteiger partial charge in [0.1, 0.15) is 19.8 Å². The smallest absolute Gasteiger partial charge is 0.465 e. The molecule has 0 heterocycles. The molecule has 0 fully saturated rings. The highest BCUT2D eigenvalue weighted by Crippen LogP contribution is 2.50. The standard InChI is InChI=1S/C28H38N3O11P/c1-3-36-25(32)20-31(2)26(29)30-43(35,41-18-10-16-37-27(33)39-21-23-12-6-4-7-13-23)42-19-11-17-38-28(34)40-22-24-14-8-5-9-15-24/h4-9,12-15H,3,10-11,16-22H2,1-2H3,(H2,29,30,35). The zero-order chi connectivity index (χ0) is 31.3. The summed E-state index contributed by atoms with van der Waals surface area (Å²) >= 11 is 0. The molecule has 0 unspecified atom stereocenters. The fraction of sp³-hybridized carbons (Fsp3) is 0.429. The normalized spacial score (nSPS) is 11.3. The van der Waals surface area contributed by atoms with Crippen LogP contribution in [-0.2, 0) is 55.3 Å². The van der Waals surface area contributed by atoms with Crippen LogP contribution < -0.4 is 5.73 Å². The second kappa shape index (κ2) is 19.9. The molecule has 15 heteroatoms. The molecular formula is C28H38N3O11P. The Kier molecular flexibility index (Phi) is 16.2. The summed E-state index contributed by atoms with van der Waals surface area (Å²) < 4.78 is 52.9. The molecule has 0 saturated carbocycles. The number of hydrogen-bond donors (Lipinski definition) is 1. The van der Waals surface area contributed by atoms with E-state index in [0.29, 0.717) is 0 Å². The minimum atomic E-state index is -4.20. The highest BCUT2D eigenvalue weighted by atomic mass is 31.2. The number of guanidine groups is 1. The van der Waals surface area contributed by atoms with Crippen LogP contribution in [0.2, 0.25) is 0 Å². The van der Waals surface area contributed by atoms with Crippen molar-refractivity contribution in [2.75, 3.05) is 46.6 Å². The van der Waals surface area contributed by atoms with Crippen LogP contribution in [0.5, 0.6) is 0 Å². The molecule has 2 N–H and O–H groups in total. The highest BCUT2D eigenvalue weighted by molar-refractivity contribution is 7.52. The summed E-state index contributed by atoms with van der Waals surface area (Å²) in [6.45, 7) is 1.17. The van der Waals surface area contributed by atoms with Crippen molar-refractivity contribution in [1.82, 2.24) is 4.90 Å². The number of ether oxygens (including phenoxy) is 5. The lowest BCUT2D eigenvalue weighted by atomic mass is 10.2. The Morgan fingerprint density at radius 2 is 1.21 bits per heavy atom. The molecule has 0 spiro atoms. The number of carbonyl (C=O) groups is 3. The fourth-order valence-electron chi connectivity index (χ4n) is 3.08. The van der Waals surface area contributed by atoms with Crippen molar-refractivity contribution >= 4 is 32.0 Å². The van der Waals surface area contributed by atoms with Crippen LogP contribution in [0.4, 0.5) is 9.59 Å².